The number of hydrogen-bond donors (Lipinski definition) is 3. The van der Waals surface area contributed by atoms with Crippen molar-refractivity contribution in [2.75, 3.05) is 6.61 Å². The minimum Gasteiger partial charge on any atom is -0.462 e. The summed E-state index contributed by atoms with van der Waals surface area (Å²) in [7, 11) is 0. The number of carbonyl (C=O) groups excluding carboxylic acids is 2. The lowest BCUT2D eigenvalue weighted by Crippen LogP contribution is -2.46. The molecule has 0 aromatic rings. The van der Waals surface area contributed by atoms with Crippen LogP contribution in [0.3, 0.4) is 0 Å². The maximum absolute atomic E-state index is 13.2. The molecule has 0 aliphatic heterocycles. The van der Waals surface area contributed by atoms with Crippen LogP contribution in [0, 0.1) is 0 Å². The van der Waals surface area contributed by atoms with E-state index in [0.717, 1.165) is 109 Å². The zero-order valence-electron chi connectivity index (χ0n) is 40.5. The molecular formula is C56H97NO5. The Labute approximate surface area is 383 Å². The van der Waals surface area contributed by atoms with E-state index in [0.29, 0.717) is 25.7 Å². The first-order valence-corrected chi connectivity index (χ1v) is 25.8. The largest absolute Gasteiger partial charge is 0.462 e. The van der Waals surface area contributed by atoms with Gasteiger partial charge in [0.2, 0.25) is 5.91 Å². The summed E-state index contributed by atoms with van der Waals surface area (Å²) in [6.45, 7) is 6.24. The lowest BCUT2D eigenvalue weighted by Gasteiger charge is -2.24. The summed E-state index contributed by atoms with van der Waals surface area (Å²) >= 11 is 0. The topological polar surface area (TPSA) is 95.9 Å². The van der Waals surface area contributed by atoms with Gasteiger partial charge in [0.05, 0.1) is 25.2 Å². The quantitative estimate of drug-likeness (QED) is 0.0322. The van der Waals surface area contributed by atoms with Crippen LogP contribution in [0.1, 0.15) is 233 Å². The number of unbranched alkanes of at least 4 members (excludes halogenated alkanes) is 19. The van der Waals surface area contributed by atoms with Crippen molar-refractivity contribution in [1.82, 2.24) is 5.32 Å². The predicted octanol–water partition coefficient (Wildman–Crippen LogP) is 15.6. The van der Waals surface area contributed by atoms with Gasteiger partial charge in [0.25, 0.3) is 0 Å². The number of carbonyl (C=O) groups is 2. The Bertz CT molecular complexity index is 1200. The van der Waals surface area contributed by atoms with Crippen LogP contribution in [0.4, 0.5) is 0 Å². The highest BCUT2D eigenvalue weighted by molar-refractivity contribution is 5.77. The molecule has 6 heteroatoms. The molecule has 1 amide bonds. The van der Waals surface area contributed by atoms with Gasteiger partial charge < -0.3 is 20.3 Å². The molecule has 0 spiro atoms. The van der Waals surface area contributed by atoms with Crippen LogP contribution in [-0.4, -0.2) is 46.9 Å². The number of aliphatic hydroxyl groups is 2. The van der Waals surface area contributed by atoms with E-state index in [1.165, 1.54) is 70.6 Å². The number of rotatable bonds is 45. The first-order chi connectivity index (χ1) is 30.5. The highest BCUT2D eigenvalue weighted by Crippen LogP contribution is 2.17. The molecule has 0 rings (SSSR count). The summed E-state index contributed by atoms with van der Waals surface area (Å²) in [6.07, 6.45) is 63.6. The fraction of sp³-hybridized carbons (Fsp3) is 0.714. The van der Waals surface area contributed by atoms with Gasteiger partial charge in [0.15, 0.2) is 0 Å². The van der Waals surface area contributed by atoms with Crippen molar-refractivity contribution in [2.45, 2.75) is 251 Å². The van der Waals surface area contributed by atoms with Crippen molar-refractivity contribution >= 4 is 11.9 Å². The van der Waals surface area contributed by atoms with Gasteiger partial charge >= 0.3 is 5.97 Å². The maximum atomic E-state index is 13.2. The number of hydrogen-bond acceptors (Lipinski definition) is 5. The van der Waals surface area contributed by atoms with Crippen LogP contribution in [-0.2, 0) is 14.3 Å². The van der Waals surface area contributed by atoms with Gasteiger partial charge in [-0.05, 0) is 89.9 Å². The van der Waals surface area contributed by atoms with Crippen LogP contribution in [0.25, 0.3) is 0 Å². The Morgan fingerprint density at radius 2 is 0.871 bits per heavy atom. The Kier molecular flexibility index (Phi) is 46.7. The van der Waals surface area contributed by atoms with Gasteiger partial charge in [-0.3, -0.25) is 9.59 Å². The third-order valence-corrected chi connectivity index (χ3v) is 11.2. The van der Waals surface area contributed by atoms with Crippen molar-refractivity contribution in [1.29, 1.82) is 0 Å². The van der Waals surface area contributed by atoms with Gasteiger partial charge in [-0.15, -0.1) is 0 Å². The Hall–Kier alpha value is -2.96. The number of aliphatic hydroxyl groups excluding tert-OH is 2. The molecule has 0 aromatic carbocycles. The first-order valence-electron chi connectivity index (χ1n) is 25.8. The van der Waals surface area contributed by atoms with Crippen LogP contribution in [0.5, 0.6) is 0 Å². The summed E-state index contributed by atoms with van der Waals surface area (Å²) in [5.74, 6) is -0.562. The molecule has 0 aliphatic rings. The molecule has 0 fully saturated rings. The Morgan fingerprint density at radius 3 is 1.32 bits per heavy atom. The molecule has 0 heterocycles. The van der Waals surface area contributed by atoms with Gasteiger partial charge in [-0.2, -0.15) is 0 Å². The molecule has 6 nitrogen and oxygen atoms in total. The SMILES string of the molecule is CC/C=C\C/C=C\C/C=C\C/C=C\C/C=C\CCCC(=O)OC(CCCCCCC/C=C/C/C=C/CC)CC(=O)NC(CO)C(O)CCCCCCCCCCCCCCCC. The minimum atomic E-state index is -0.805. The summed E-state index contributed by atoms with van der Waals surface area (Å²) in [5, 5.41) is 23.8. The number of amides is 1. The second-order valence-electron chi connectivity index (χ2n) is 17.2. The zero-order valence-corrected chi connectivity index (χ0v) is 40.5. The lowest BCUT2D eigenvalue weighted by molar-refractivity contribution is -0.151. The molecule has 3 atom stereocenters. The van der Waals surface area contributed by atoms with Crippen LogP contribution in [0.15, 0.2) is 85.1 Å². The molecule has 0 saturated carbocycles. The van der Waals surface area contributed by atoms with Crippen LogP contribution < -0.4 is 5.32 Å². The molecule has 356 valence electrons. The fourth-order valence-electron chi connectivity index (χ4n) is 7.39. The highest BCUT2D eigenvalue weighted by atomic mass is 16.5. The Balaban J connectivity index is 4.66. The van der Waals surface area contributed by atoms with Crippen molar-refractivity contribution < 1.29 is 24.5 Å². The van der Waals surface area contributed by atoms with E-state index in [4.69, 9.17) is 4.74 Å². The normalized spacial score (nSPS) is 14.0. The van der Waals surface area contributed by atoms with Gasteiger partial charge in [-0.25, -0.2) is 0 Å². The van der Waals surface area contributed by atoms with E-state index in [2.05, 4.69) is 111 Å². The summed E-state index contributed by atoms with van der Waals surface area (Å²) < 4.78 is 5.89. The lowest BCUT2D eigenvalue weighted by atomic mass is 10.0. The molecular weight excluding hydrogens is 767 g/mol. The predicted molar refractivity (Wildman–Crippen MR) is 268 cm³/mol. The minimum absolute atomic E-state index is 0.0415. The highest BCUT2D eigenvalue weighted by Gasteiger charge is 2.24. The van der Waals surface area contributed by atoms with E-state index in [-0.39, 0.29) is 24.9 Å². The first kappa shape index (κ1) is 59.0. The fourth-order valence-corrected chi connectivity index (χ4v) is 7.39. The third kappa shape index (κ3) is 43.7. The monoisotopic (exact) mass is 864 g/mol. The second-order valence-corrected chi connectivity index (χ2v) is 17.2. The summed E-state index contributed by atoms with van der Waals surface area (Å²) in [4.78, 5) is 26.1. The van der Waals surface area contributed by atoms with Crippen LogP contribution >= 0.6 is 0 Å². The van der Waals surface area contributed by atoms with Crippen LogP contribution in [0.2, 0.25) is 0 Å². The molecule has 0 saturated heterocycles. The molecule has 0 aliphatic carbocycles. The van der Waals surface area contributed by atoms with E-state index < -0.39 is 18.2 Å². The molecule has 0 radical (unpaired) electrons. The number of nitrogens with one attached hydrogen (secondary N) is 1. The number of esters is 1. The van der Waals surface area contributed by atoms with Crippen molar-refractivity contribution in [3.05, 3.63) is 85.1 Å². The van der Waals surface area contributed by atoms with E-state index in [9.17, 15) is 19.8 Å². The molecule has 0 bridgehead atoms. The summed E-state index contributed by atoms with van der Waals surface area (Å²) in [5.41, 5.74) is 0. The molecule has 62 heavy (non-hydrogen) atoms. The van der Waals surface area contributed by atoms with E-state index in [1.54, 1.807) is 0 Å². The third-order valence-electron chi connectivity index (χ3n) is 11.2. The molecule has 3 N–H and O–H groups in total. The van der Waals surface area contributed by atoms with E-state index >= 15 is 0 Å². The second kappa shape index (κ2) is 49.1. The average molecular weight is 864 g/mol. The van der Waals surface area contributed by atoms with E-state index in [1.807, 2.05) is 0 Å². The Morgan fingerprint density at radius 1 is 0.484 bits per heavy atom. The number of ether oxygens (including phenoxy) is 1. The van der Waals surface area contributed by atoms with Crippen molar-refractivity contribution in [3.8, 4) is 0 Å². The zero-order chi connectivity index (χ0) is 45.2. The van der Waals surface area contributed by atoms with Gasteiger partial charge in [0.1, 0.15) is 6.10 Å². The molecule has 0 aromatic heterocycles. The number of allylic oxidation sites excluding steroid dienone is 14. The van der Waals surface area contributed by atoms with Gasteiger partial charge in [0, 0.05) is 6.42 Å². The van der Waals surface area contributed by atoms with Gasteiger partial charge in [-0.1, -0.05) is 215 Å². The molecule has 3 unspecified atom stereocenters. The average Bonchev–Trinajstić information content (AvgIpc) is 3.26. The summed E-state index contributed by atoms with van der Waals surface area (Å²) in [6, 6.07) is -0.721. The van der Waals surface area contributed by atoms with Crippen molar-refractivity contribution in [3.63, 3.8) is 0 Å². The standard InChI is InChI=1S/C56H97NO5/c1-4-7-10-13-16-19-22-25-27-28-29-31-34-37-40-43-46-49-56(61)62-52(47-44-41-38-35-32-24-21-18-15-12-9-6-3)50-55(60)57-53(51-58)54(59)48-45-42-39-36-33-30-26-23-20-17-14-11-8-5-2/h7,9-10,12,16,18-19,21,25,27,29,31,37,40,52-54,58-59H,4-6,8,11,13-15,17,20,22-24,26,28,30,32-36,38-39,41-51H2,1-3H3,(H,57,60)/b10-7-,12-9+,19-16-,21-18+,27-25-,31-29-,40-37-. The van der Waals surface area contributed by atoms with Crippen molar-refractivity contribution in [2.24, 2.45) is 0 Å². The maximum Gasteiger partial charge on any atom is 0.306 e. The smallest absolute Gasteiger partial charge is 0.306 e.